The minimum absolute atomic E-state index is 0.179. The predicted molar refractivity (Wildman–Crippen MR) is 110 cm³/mol. The van der Waals surface area contributed by atoms with Gasteiger partial charge in [-0.3, -0.25) is 9.59 Å². The maximum atomic E-state index is 12.4. The van der Waals surface area contributed by atoms with Gasteiger partial charge in [0.1, 0.15) is 11.5 Å². The highest BCUT2D eigenvalue weighted by molar-refractivity contribution is 6.07. The number of hydrogen-bond donors (Lipinski definition) is 1. The van der Waals surface area contributed by atoms with E-state index in [0.717, 1.165) is 5.56 Å². The van der Waals surface area contributed by atoms with E-state index in [-0.39, 0.29) is 11.7 Å². The lowest BCUT2D eigenvalue weighted by atomic mass is 10.1. The van der Waals surface area contributed by atoms with Crippen LogP contribution < -0.4 is 14.8 Å². The normalized spacial score (nSPS) is 10.7. The average Bonchev–Trinajstić information content (AvgIpc) is 3.18. The molecule has 0 saturated heterocycles. The Morgan fingerprint density at radius 3 is 2.45 bits per heavy atom. The van der Waals surface area contributed by atoms with Gasteiger partial charge in [-0.2, -0.15) is 0 Å². The number of methoxy groups -OCH3 is 2. The molecule has 0 spiro atoms. The molecule has 0 saturated carbocycles. The van der Waals surface area contributed by atoms with Crippen LogP contribution in [-0.2, 0) is 11.8 Å². The van der Waals surface area contributed by atoms with E-state index in [2.05, 4.69) is 10.3 Å². The molecule has 0 radical (unpaired) electrons. The van der Waals surface area contributed by atoms with E-state index in [1.807, 2.05) is 0 Å². The van der Waals surface area contributed by atoms with E-state index in [1.165, 1.54) is 6.08 Å². The monoisotopic (exact) mass is 391 g/mol. The van der Waals surface area contributed by atoms with Crippen molar-refractivity contribution in [2.45, 2.75) is 0 Å². The lowest BCUT2D eigenvalue weighted by molar-refractivity contribution is -0.111. The Balaban J connectivity index is 1.66. The molecule has 1 aromatic heterocycles. The van der Waals surface area contributed by atoms with Crippen LogP contribution in [0.25, 0.3) is 6.08 Å². The molecule has 148 valence electrons. The van der Waals surface area contributed by atoms with Gasteiger partial charge in [0.15, 0.2) is 5.82 Å². The van der Waals surface area contributed by atoms with Crippen LogP contribution in [0.15, 0.2) is 60.9 Å². The van der Waals surface area contributed by atoms with Crippen molar-refractivity contribution in [3.05, 3.63) is 77.9 Å². The third-order valence-corrected chi connectivity index (χ3v) is 4.29. The van der Waals surface area contributed by atoms with Crippen LogP contribution in [0.2, 0.25) is 0 Å². The Hall–Kier alpha value is -3.87. The van der Waals surface area contributed by atoms with E-state index in [1.54, 1.807) is 86.8 Å². The maximum absolute atomic E-state index is 12.4. The molecule has 2 aromatic carbocycles. The molecule has 0 aliphatic rings. The highest BCUT2D eigenvalue weighted by atomic mass is 16.5. The summed E-state index contributed by atoms with van der Waals surface area (Å²) in [7, 11) is 4.89. The lowest BCUT2D eigenvalue weighted by Gasteiger charge is -2.07. The SMILES string of the molecule is COc1ccc(/C=C/C(=O)Nc2ccc(C(=O)c3nccn3C)cc2)c(OC)c1. The van der Waals surface area contributed by atoms with Crippen LogP contribution in [0.4, 0.5) is 5.69 Å². The zero-order chi connectivity index (χ0) is 20.8. The van der Waals surface area contributed by atoms with Gasteiger partial charge in [0.05, 0.1) is 14.2 Å². The van der Waals surface area contributed by atoms with Crippen LogP contribution in [0.5, 0.6) is 11.5 Å². The molecule has 3 aromatic rings. The smallest absolute Gasteiger partial charge is 0.248 e. The van der Waals surface area contributed by atoms with Crippen LogP contribution in [0.1, 0.15) is 21.7 Å². The second-order valence-electron chi connectivity index (χ2n) is 6.20. The summed E-state index contributed by atoms with van der Waals surface area (Å²) in [4.78, 5) is 28.7. The maximum Gasteiger partial charge on any atom is 0.248 e. The van der Waals surface area contributed by atoms with E-state index < -0.39 is 0 Å². The fraction of sp³-hybridized carbons (Fsp3) is 0.136. The summed E-state index contributed by atoms with van der Waals surface area (Å²) in [6.45, 7) is 0. The molecule has 0 bridgehead atoms. The molecule has 0 fully saturated rings. The van der Waals surface area contributed by atoms with Gasteiger partial charge in [-0.1, -0.05) is 0 Å². The van der Waals surface area contributed by atoms with Gasteiger partial charge in [0.25, 0.3) is 0 Å². The average molecular weight is 391 g/mol. The quantitative estimate of drug-likeness (QED) is 0.494. The molecule has 0 atom stereocenters. The van der Waals surface area contributed by atoms with Crippen LogP contribution >= 0.6 is 0 Å². The molecule has 7 heteroatoms. The summed E-state index contributed by atoms with van der Waals surface area (Å²) in [5.41, 5.74) is 1.83. The van der Waals surface area contributed by atoms with Crippen LogP contribution in [0.3, 0.4) is 0 Å². The Morgan fingerprint density at radius 1 is 1.07 bits per heavy atom. The Kier molecular flexibility index (Phi) is 6.09. The number of imidazole rings is 1. The Labute approximate surface area is 168 Å². The third kappa shape index (κ3) is 4.70. The summed E-state index contributed by atoms with van der Waals surface area (Å²) >= 11 is 0. The van der Waals surface area contributed by atoms with Gasteiger partial charge in [-0.05, 0) is 42.5 Å². The van der Waals surface area contributed by atoms with Crippen molar-refractivity contribution in [1.29, 1.82) is 0 Å². The van der Waals surface area contributed by atoms with E-state index >= 15 is 0 Å². The zero-order valence-corrected chi connectivity index (χ0v) is 16.4. The standard InChI is InChI=1S/C22H21N3O4/c1-25-13-12-23-22(25)21(27)16-4-8-17(9-5-16)24-20(26)11-7-15-6-10-18(28-2)14-19(15)29-3/h4-14H,1-3H3,(H,24,26)/b11-7+. The van der Waals surface area contributed by atoms with Gasteiger partial charge in [-0.15, -0.1) is 0 Å². The lowest BCUT2D eigenvalue weighted by Crippen LogP contribution is -2.10. The number of benzene rings is 2. The molecule has 3 rings (SSSR count). The van der Waals surface area contributed by atoms with Gasteiger partial charge in [0, 0.05) is 48.4 Å². The van der Waals surface area contributed by atoms with E-state index in [0.29, 0.717) is 28.6 Å². The fourth-order valence-electron chi connectivity index (χ4n) is 2.72. The Bertz CT molecular complexity index is 1050. The van der Waals surface area contributed by atoms with Crippen LogP contribution in [-0.4, -0.2) is 35.5 Å². The first-order chi connectivity index (χ1) is 14.0. The number of amides is 1. The number of aromatic nitrogens is 2. The molecule has 7 nitrogen and oxygen atoms in total. The number of ether oxygens (including phenoxy) is 2. The highest BCUT2D eigenvalue weighted by Gasteiger charge is 2.13. The number of hydrogen-bond acceptors (Lipinski definition) is 5. The molecular formula is C22H21N3O4. The van der Waals surface area contributed by atoms with Crippen molar-refractivity contribution in [1.82, 2.24) is 9.55 Å². The minimum atomic E-state index is -0.300. The fourth-order valence-corrected chi connectivity index (χ4v) is 2.72. The predicted octanol–water partition coefficient (Wildman–Crippen LogP) is 3.32. The summed E-state index contributed by atoms with van der Waals surface area (Å²) in [5, 5.41) is 2.76. The highest BCUT2D eigenvalue weighted by Crippen LogP contribution is 2.25. The molecule has 1 amide bonds. The molecule has 0 aliphatic carbocycles. The van der Waals surface area contributed by atoms with Crippen molar-refractivity contribution >= 4 is 23.5 Å². The second kappa shape index (κ2) is 8.88. The van der Waals surface area contributed by atoms with Crippen molar-refractivity contribution < 1.29 is 19.1 Å². The first-order valence-electron chi connectivity index (χ1n) is 8.85. The van der Waals surface area contributed by atoms with Crippen molar-refractivity contribution in [2.75, 3.05) is 19.5 Å². The topological polar surface area (TPSA) is 82.5 Å². The number of carbonyl (C=O) groups excluding carboxylic acids is 2. The first kappa shape index (κ1) is 19.9. The number of aryl methyl sites for hydroxylation is 1. The first-order valence-corrected chi connectivity index (χ1v) is 8.85. The molecular weight excluding hydrogens is 370 g/mol. The number of carbonyl (C=O) groups is 2. The van der Waals surface area contributed by atoms with Gasteiger partial charge >= 0.3 is 0 Å². The van der Waals surface area contributed by atoms with Gasteiger partial charge in [-0.25, -0.2) is 4.98 Å². The third-order valence-electron chi connectivity index (χ3n) is 4.29. The molecule has 0 aliphatic heterocycles. The van der Waals surface area contributed by atoms with Crippen molar-refractivity contribution in [3.63, 3.8) is 0 Å². The molecule has 29 heavy (non-hydrogen) atoms. The number of nitrogens with zero attached hydrogens (tertiary/aromatic N) is 2. The van der Waals surface area contributed by atoms with Crippen molar-refractivity contribution in [3.8, 4) is 11.5 Å². The summed E-state index contributed by atoms with van der Waals surface area (Å²) < 4.78 is 12.1. The van der Waals surface area contributed by atoms with Gasteiger partial charge < -0.3 is 19.4 Å². The second-order valence-corrected chi connectivity index (χ2v) is 6.20. The van der Waals surface area contributed by atoms with Crippen molar-refractivity contribution in [2.24, 2.45) is 7.05 Å². The summed E-state index contributed by atoms with van der Waals surface area (Å²) in [5.74, 6) is 1.15. The largest absolute Gasteiger partial charge is 0.497 e. The summed E-state index contributed by atoms with van der Waals surface area (Å²) in [6.07, 6.45) is 6.36. The number of ketones is 1. The minimum Gasteiger partial charge on any atom is -0.497 e. The Morgan fingerprint density at radius 2 is 1.83 bits per heavy atom. The molecule has 1 heterocycles. The molecule has 0 unspecified atom stereocenters. The van der Waals surface area contributed by atoms with Crippen LogP contribution in [0, 0.1) is 0 Å². The number of nitrogens with one attached hydrogen (secondary N) is 1. The molecule has 1 N–H and O–H groups in total. The van der Waals surface area contributed by atoms with E-state index in [9.17, 15) is 9.59 Å². The van der Waals surface area contributed by atoms with E-state index in [4.69, 9.17) is 9.47 Å². The summed E-state index contributed by atoms with van der Waals surface area (Å²) in [6, 6.07) is 12.0. The zero-order valence-electron chi connectivity index (χ0n) is 16.4. The number of rotatable bonds is 7. The number of anilines is 1. The van der Waals surface area contributed by atoms with Gasteiger partial charge in [0.2, 0.25) is 11.7 Å².